The molecule has 1 aromatic carbocycles. The minimum absolute atomic E-state index is 0.187. The molecule has 0 aliphatic heterocycles. The molecule has 0 aromatic heterocycles. The number of anilines is 1. The van der Waals surface area contributed by atoms with Gasteiger partial charge in [0.25, 0.3) is 0 Å². The number of aliphatic hydroxyl groups is 1. The molecular weight excluding hydrogens is 216 g/mol. The lowest BCUT2D eigenvalue weighted by Crippen LogP contribution is -2.29. The fraction of sp³-hybridized carbons (Fsp3) is 0.462. The highest BCUT2D eigenvalue weighted by Crippen LogP contribution is 2.05. The van der Waals surface area contributed by atoms with Crippen molar-refractivity contribution in [2.45, 2.75) is 19.8 Å². The van der Waals surface area contributed by atoms with Gasteiger partial charge in [0, 0.05) is 18.8 Å². The minimum Gasteiger partial charge on any atom is -0.396 e. The second-order valence-electron chi connectivity index (χ2n) is 4.18. The number of hydrogen-bond donors (Lipinski definition) is 3. The molecule has 1 aromatic rings. The molecule has 2 amide bonds. The summed E-state index contributed by atoms with van der Waals surface area (Å²) in [5, 5.41) is 14.4. The Morgan fingerprint density at radius 1 is 1.35 bits per heavy atom. The van der Waals surface area contributed by atoms with Gasteiger partial charge in [0.1, 0.15) is 0 Å². The molecule has 4 nitrogen and oxygen atoms in total. The van der Waals surface area contributed by atoms with Crippen molar-refractivity contribution in [3.63, 3.8) is 0 Å². The van der Waals surface area contributed by atoms with Gasteiger partial charge >= 0.3 is 6.03 Å². The number of benzene rings is 1. The van der Waals surface area contributed by atoms with Gasteiger partial charge in [0.05, 0.1) is 0 Å². The van der Waals surface area contributed by atoms with Crippen LogP contribution in [0.5, 0.6) is 0 Å². The summed E-state index contributed by atoms with van der Waals surface area (Å²) in [7, 11) is 0. The number of hydrogen-bond acceptors (Lipinski definition) is 2. The number of para-hydroxylation sites is 1. The maximum absolute atomic E-state index is 11.5. The smallest absolute Gasteiger partial charge is 0.319 e. The molecule has 0 fully saturated rings. The largest absolute Gasteiger partial charge is 0.396 e. The minimum atomic E-state index is -0.187. The molecule has 0 aliphatic rings. The molecule has 17 heavy (non-hydrogen) atoms. The zero-order valence-electron chi connectivity index (χ0n) is 10.1. The van der Waals surface area contributed by atoms with Crippen molar-refractivity contribution in [1.82, 2.24) is 5.32 Å². The third kappa shape index (κ3) is 5.92. The fourth-order valence-corrected chi connectivity index (χ4v) is 1.44. The molecule has 0 bridgehead atoms. The second-order valence-corrected chi connectivity index (χ2v) is 4.18. The Morgan fingerprint density at radius 3 is 2.71 bits per heavy atom. The zero-order valence-corrected chi connectivity index (χ0v) is 10.1. The average molecular weight is 236 g/mol. The maximum atomic E-state index is 11.5. The first-order chi connectivity index (χ1) is 8.22. The number of carbonyl (C=O) groups is 1. The van der Waals surface area contributed by atoms with Gasteiger partial charge in [-0.2, -0.15) is 0 Å². The third-order valence-corrected chi connectivity index (χ3v) is 2.50. The number of carbonyl (C=O) groups excluding carboxylic acids is 1. The van der Waals surface area contributed by atoms with E-state index in [1.807, 2.05) is 37.3 Å². The lowest BCUT2D eigenvalue weighted by molar-refractivity contribution is 0.227. The van der Waals surface area contributed by atoms with Crippen LogP contribution in [0.2, 0.25) is 0 Å². The molecule has 1 rings (SSSR count). The number of aliphatic hydroxyl groups excluding tert-OH is 1. The van der Waals surface area contributed by atoms with Gasteiger partial charge in [-0.05, 0) is 30.9 Å². The van der Waals surface area contributed by atoms with Crippen molar-refractivity contribution in [1.29, 1.82) is 0 Å². The molecule has 0 aliphatic carbocycles. The quantitative estimate of drug-likeness (QED) is 0.663. The Bertz CT molecular complexity index is 327. The molecule has 0 spiro atoms. The number of amides is 2. The second kappa shape index (κ2) is 7.68. The van der Waals surface area contributed by atoms with Crippen LogP contribution in [0, 0.1) is 5.92 Å². The fourth-order valence-electron chi connectivity index (χ4n) is 1.44. The SMILES string of the molecule is CC(CO)CCCNC(=O)Nc1ccccc1. The molecule has 94 valence electrons. The van der Waals surface area contributed by atoms with Crippen LogP contribution in [0.15, 0.2) is 30.3 Å². The van der Waals surface area contributed by atoms with Crippen LogP contribution in [0.4, 0.5) is 10.5 Å². The molecule has 3 N–H and O–H groups in total. The van der Waals surface area contributed by atoms with Crippen molar-refractivity contribution in [3.8, 4) is 0 Å². The maximum Gasteiger partial charge on any atom is 0.319 e. The Balaban J connectivity index is 2.14. The number of nitrogens with one attached hydrogen (secondary N) is 2. The van der Waals surface area contributed by atoms with Crippen molar-refractivity contribution in [2.75, 3.05) is 18.5 Å². The van der Waals surface area contributed by atoms with Gasteiger partial charge in [0.2, 0.25) is 0 Å². The molecule has 1 atom stereocenters. The van der Waals surface area contributed by atoms with E-state index in [0.717, 1.165) is 18.5 Å². The van der Waals surface area contributed by atoms with Crippen LogP contribution < -0.4 is 10.6 Å². The molecule has 0 radical (unpaired) electrons. The Labute approximate surface area is 102 Å². The Morgan fingerprint density at radius 2 is 2.06 bits per heavy atom. The van der Waals surface area contributed by atoms with E-state index >= 15 is 0 Å². The van der Waals surface area contributed by atoms with Crippen LogP contribution in [-0.4, -0.2) is 24.3 Å². The molecule has 0 saturated heterocycles. The van der Waals surface area contributed by atoms with E-state index in [2.05, 4.69) is 10.6 Å². The van der Waals surface area contributed by atoms with Crippen LogP contribution in [0.3, 0.4) is 0 Å². The van der Waals surface area contributed by atoms with Gasteiger partial charge < -0.3 is 15.7 Å². The van der Waals surface area contributed by atoms with Gasteiger partial charge in [0.15, 0.2) is 0 Å². The van der Waals surface area contributed by atoms with Crippen LogP contribution in [0.25, 0.3) is 0 Å². The average Bonchev–Trinajstić information content (AvgIpc) is 2.35. The number of urea groups is 1. The summed E-state index contributed by atoms with van der Waals surface area (Å²) < 4.78 is 0. The summed E-state index contributed by atoms with van der Waals surface area (Å²) in [6, 6.07) is 9.14. The summed E-state index contributed by atoms with van der Waals surface area (Å²) in [5.41, 5.74) is 0.786. The van der Waals surface area contributed by atoms with E-state index in [1.54, 1.807) is 0 Å². The first-order valence-corrected chi connectivity index (χ1v) is 5.93. The molecule has 1 unspecified atom stereocenters. The summed E-state index contributed by atoms with van der Waals surface area (Å²) >= 11 is 0. The van der Waals surface area contributed by atoms with Crippen molar-refractivity contribution < 1.29 is 9.90 Å². The monoisotopic (exact) mass is 236 g/mol. The van der Waals surface area contributed by atoms with Crippen LogP contribution in [0.1, 0.15) is 19.8 Å². The first kappa shape index (κ1) is 13.5. The predicted octanol–water partition coefficient (Wildman–Crippen LogP) is 2.22. The summed E-state index contributed by atoms with van der Waals surface area (Å²) in [6.45, 7) is 2.82. The third-order valence-electron chi connectivity index (χ3n) is 2.50. The van der Waals surface area contributed by atoms with Gasteiger partial charge in [-0.1, -0.05) is 25.1 Å². The normalized spacial score (nSPS) is 11.9. The first-order valence-electron chi connectivity index (χ1n) is 5.93. The summed E-state index contributed by atoms with van der Waals surface area (Å²) in [5.74, 6) is 0.300. The molecule has 0 heterocycles. The molecular formula is C13H20N2O2. The molecule has 4 heteroatoms. The highest BCUT2D eigenvalue weighted by atomic mass is 16.3. The summed E-state index contributed by atoms with van der Waals surface area (Å²) in [6.07, 6.45) is 1.80. The van der Waals surface area contributed by atoms with Gasteiger partial charge in [-0.3, -0.25) is 0 Å². The predicted molar refractivity (Wildman–Crippen MR) is 68.9 cm³/mol. The van der Waals surface area contributed by atoms with E-state index in [9.17, 15) is 4.79 Å². The highest BCUT2D eigenvalue weighted by molar-refractivity contribution is 5.89. The van der Waals surface area contributed by atoms with Crippen molar-refractivity contribution in [2.24, 2.45) is 5.92 Å². The topological polar surface area (TPSA) is 61.4 Å². The Hall–Kier alpha value is -1.55. The van der Waals surface area contributed by atoms with E-state index in [-0.39, 0.29) is 12.6 Å². The standard InChI is InChI=1S/C13H20N2O2/c1-11(10-16)6-5-9-14-13(17)15-12-7-3-2-4-8-12/h2-4,7-8,11,16H,5-6,9-10H2,1H3,(H2,14,15,17). The van der Waals surface area contributed by atoms with Crippen molar-refractivity contribution in [3.05, 3.63) is 30.3 Å². The van der Waals surface area contributed by atoms with Crippen molar-refractivity contribution >= 4 is 11.7 Å². The van der Waals surface area contributed by atoms with E-state index in [1.165, 1.54) is 0 Å². The summed E-state index contributed by atoms with van der Waals surface area (Å²) in [4.78, 5) is 11.5. The highest BCUT2D eigenvalue weighted by Gasteiger charge is 2.02. The van der Waals surface area contributed by atoms with E-state index < -0.39 is 0 Å². The lowest BCUT2D eigenvalue weighted by Gasteiger charge is -2.09. The van der Waals surface area contributed by atoms with Crippen LogP contribution in [-0.2, 0) is 0 Å². The van der Waals surface area contributed by atoms with Gasteiger partial charge in [-0.25, -0.2) is 4.79 Å². The Kier molecular flexibility index (Phi) is 6.10. The van der Waals surface area contributed by atoms with Crippen LogP contribution >= 0.6 is 0 Å². The molecule has 0 saturated carbocycles. The lowest BCUT2D eigenvalue weighted by atomic mass is 10.1. The van der Waals surface area contributed by atoms with E-state index in [4.69, 9.17) is 5.11 Å². The number of rotatable bonds is 6. The van der Waals surface area contributed by atoms with E-state index in [0.29, 0.717) is 12.5 Å². The van der Waals surface area contributed by atoms with Gasteiger partial charge in [-0.15, -0.1) is 0 Å². The zero-order chi connectivity index (χ0) is 12.5.